The van der Waals surface area contributed by atoms with Crippen molar-refractivity contribution in [3.63, 3.8) is 0 Å². The second-order valence-corrected chi connectivity index (χ2v) is 5.19. The maximum absolute atomic E-state index is 12.4. The Morgan fingerprint density at radius 1 is 1.35 bits per heavy atom. The molecule has 1 aromatic heterocycles. The fourth-order valence-corrected chi connectivity index (χ4v) is 2.19. The van der Waals surface area contributed by atoms with Crippen molar-refractivity contribution < 1.29 is 4.79 Å². The summed E-state index contributed by atoms with van der Waals surface area (Å²) in [6.45, 7) is 8.16. The Morgan fingerprint density at radius 2 is 2.10 bits per heavy atom. The molecular weight excluding hydrogens is 250 g/mol. The van der Waals surface area contributed by atoms with Gasteiger partial charge in [-0.05, 0) is 38.8 Å². The SMILES string of the molecule is CCC(C)n1nccc1NC(=O)c1ccc(C)cc1C. The molecule has 2 aromatic rings. The molecule has 1 heterocycles. The molecule has 0 aliphatic rings. The molecule has 2 rings (SSSR count). The van der Waals surface area contributed by atoms with Gasteiger partial charge in [-0.2, -0.15) is 5.10 Å². The highest BCUT2D eigenvalue weighted by Crippen LogP contribution is 2.18. The minimum Gasteiger partial charge on any atom is -0.307 e. The molecule has 0 aliphatic carbocycles. The van der Waals surface area contributed by atoms with E-state index < -0.39 is 0 Å². The number of hydrogen-bond acceptors (Lipinski definition) is 2. The fraction of sp³-hybridized carbons (Fsp3) is 0.375. The van der Waals surface area contributed by atoms with Gasteiger partial charge in [0.05, 0.1) is 12.2 Å². The molecule has 106 valence electrons. The third-order valence-corrected chi connectivity index (χ3v) is 3.55. The smallest absolute Gasteiger partial charge is 0.257 e. The summed E-state index contributed by atoms with van der Waals surface area (Å²) in [6.07, 6.45) is 2.68. The molecule has 1 amide bonds. The van der Waals surface area contributed by atoms with Crippen LogP contribution in [0, 0.1) is 13.8 Å². The normalized spacial score (nSPS) is 12.2. The molecule has 0 radical (unpaired) electrons. The van der Waals surface area contributed by atoms with Gasteiger partial charge >= 0.3 is 0 Å². The van der Waals surface area contributed by atoms with Crippen molar-refractivity contribution in [2.75, 3.05) is 5.32 Å². The Morgan fingerprint density at radius 3 is 2.75 bits per heavy atom. The van der Waals surface area contributed by atoms with E-state index in [1.54, 1.807) is 6.20 Å². The van der Waals surface area contributed by atoms with E-state index in [0.29, 0.717) is 5.56 Å². The van der Waals surface area contributed by atoms with E-state index in [0.717, 1.165) is 23.4 Å². The van der Waals surface area contributed by atoms with Gasteiger partial charge in [-0.1, -0.05) is 24.6 Å². The van der Waals surface area contributed by atoms with Crippen LogP contribution in [0.15, 0.2) is 30.5 Å². The van der Waals surface area contributed by atoms with Crippen LogP contribution in [0.25, 0.3) is 0 Å². The first-order valence-electron chi connectivity index (χ1n) is 6.95. The number of aryl methyl sites for hydroxylation is 2. The van der Waals surface area contributed by atoms with Gasteiger partial charge in [0.25, 0.3) is 5.91 Å². The third-order valence-electron chi connectivity index (χ3n) is 3.55. The number of anilines is 1. The molecule has 4 nitrogen and oxygen atoms in total. The number of amides is 1. The van der Waals surface area contributed by atoms with Crippen LogP contribution in [-0.2, 0) is 0 Å². The molecule has 1 unspecified atom stereocenters. The Balaban J connectivity index is 2.22. The summed E-state index contributed by atoms with van der Waals surface area (Å²) in [4.78, 5) is 12.4. The predicted molar refractivity (Wildman–Crippen MR) is 81.1 cm³/mol. The van der Waals surface area contributed by atoms with Crippen molar-refractivity contribution in [3.05, 3.63) is 47.2 Å². The van der Waals surface area contributed by atoms with Crippen molar-refractivity contribution >= 4 is 11.7 Å². The first-order chi connectivity index (χ1) is 9.52. The Bertz CT molecular complexity index is 616. The lowest BCUT2D eigenvalue weighted by molar-refractivity contribution is 0.102. The van der Waals surface area contributed by atoms with Crippen LogP contribution in [-0.4, -0.2) is 15.7 Å². The maximum atomic E-state index is 12.4. The zero-order valence-corrected chi connectivity index (χ0v) is 12.5. The molecule has 20 heavy (non-hydrogen) atoms. The Labute approximate surface area is 119 Å². The minimum absolute atomic E-state index is 0.0902. The van der Waals surface area contributed by atoms with Gasteiger partial charge in [-0.3, -0.25) is 4.79 Å². The minimum atomic E-state index is -0.0902. The summed E-state index contributed by atoms with van der Waals surface area (Å²) in [5.41, 5.74) is 2.84. The molecular formula is C16H21N3O. The summed E-state index contributed by atoms with van der Waals surface area (Å²) in [6, 6.07) is 7.92. The van der Waals surface area contributed by atoms with Gasteiger partial charge < -0.3 is 5.32 Å². The molecule has 0 saturated heterocycles. The zero-order chi connectivity index (χ0) is 14.7. The first kappa shape index (κ1) is 14.3. The largest absolute Gasteiger partial charge is 0.307 e. The van der Waals surface area contributed by atoms with Gasteiger partial charge in [-0.25, -0.2) is 4.68 Å². The van der Waals surface area contributed by atoms with Crippen molar-refractivity contribution in [3.8, 4) is 0 Å². The van der Waals surface area contributed by atoms with Crippen LogP contribution < -0.4 is 5.32 Å². The maximum Gasteiger partial charge on any atom is 0.257 e. The highest BCUT2D eigenvalue weighted by atomic mass is 16.1. The highest BCUT2D eigenvalue weighted by molar-refractivity contribution is 6.04. The lowest BCUT2D eigenvalue weighted by atomic mass is 10.1. The summed E-state index contributed by atoms with van der Waals surface area (Å²) in [5.74, 6) is 0.650. The number of aromatic nitrogens is 2. The Kier molecular flexibility index (Phi) is 4.23. The molecule has 0 aliphatic heterocycles. The number of nitrogens with zero attached hydrogens (tertiary/aromatic N) is 2. The molecule has 0 bridgehead atoms. The summed E-state index contributed by atoms with van der Waals surface area (Å²) < 4.78 is 1.85. The van der Waals surface area contributed by atoms with Gasteiger partial charge in [-0.15, -0.1) is 0 Å². The molecule has 1 atom stereocenters. The van der Waals surface area contributed by atoms with Gasteiger partial charge in [0.15, 0.2) is 0 Å². The molecule has 0 fully saturated rings. The van der Waals surface area contributed by atoms with Crippen LogP contribution in [0.3, 0.4) is 0 Å². The monoisotopic (exact) mass is 271 g/mol. The van der Waals surface area contributed by atoms with Crippen LogP contribution >= 0.6 is 0 Å². The van der Waals surface area contributed by atoms with Crippen molar-refractivity contribution in [2.24, 2.45) is 0 Å². The van der Waals surface area contributed by atoms with E-state index in [9.17, 15) is 4.79 Å². The van der Waals surface area contributed by atoms with Gasteiger partial charge in [0, 0.05) is 11.6 Å². The number of benzene rings is 1. The predicted octanol–water partition coefficient (Wildman–Crippen LogP) is 3.72. The van der Waals surface area contributed by atoms with Gasteiger partial charge in [0.2, 0.25) is 0 Å². The third kappa shape index (κ3) is 2.90. The molecule has 0 spiro atoms. The average molecular weight is 271 g/mol. The second kappa shape index (κ2) is 5.90. The second-order valence-electron chi connectivity index (χ2n) is 5.19. The Hall–Kier alpha value is -2.10. The lowest BCUT2D eigenvalue weighted by Crippen LogP contribution is -2.18. The van der Waals surface area contributed by atoms with Crippen LogP contribution in [0.2, 0.25) is 0 Å². The molecule has 0 saturated carbocycles. The van der Waals surface area contributed by atoms with Crippen molar-refractivity contribution in [1.82, 2.24) is 9.78 Å². The lowest BCUT2D eigenvalue weighted by Gasteiger charge is -2.14. The van der Waals surface area contributed by atoms with E-state index in [1.807, 2.05) is 42.8 Å². The summed E-state index contributed by atoms with van der Waals surface area (Å²) in [7, 11) is 0. The molecule has 4 heteroatoms. The number of nitrogens with one attached hydrogen (secondary N) is 1. The van der Waals surface area contributed by atoms with Crippen molar-refractivity contribution in [1.29, 1.82) is 0 Å². The first-order valence-corrected chi connectivity index (χ1v) is 6.95. The zero-order valence-electron chi connectivity index (χ0n) is 12.5. The van der Waals surface area contributed by atoms with E-state index in [2.05, 4.69) is 24.3 Å². The number of rotatable bonds is 4. The standard InChI is InChI=1S/C16H21N3O/c1-5-13(4)19-15(8-9-17-19)18-16(20)14-7-6-11(2)10-12(14)3/h6-10,13H,5H2,1-4H3,(H,18,20). The highest BCUT2D eigenvalue weighted by Gasteiger charge is 2.13. The summed E-state index contributed by atoms with van der Waals surface area (Å²) in [5, 5.41) is 7.22. The van der Waals surface area contributed by atoms with Gasteiger partial charge in [0.1, 0.15) is 5.82 Å². The van der Waals surface area contributed by atoms with Crippen LogP contribution in [0.4, 0.5) is 5.82 Å². The topological polar surface area (TPSA) is 46.9 Å². The summed E-state index contributed by atoms with van der Waals surface area (Å²) >= 11 is 0. The van der Waals surface area contributed by atoms with E-state index in [-0.39, 0.29) is 11.9 Å². The van der Waals surface area contributed by atoms with Crippen LogP contribution in [0.5, 0.6) is 0 Å². The van der Waals surface area contributed by atoms with E-state index in [1.165, 1.54) is 0 Å². The number of hydrogen-bond donors (Lipinski definition) is 1. The van der Waals surface area contributed by atoms with Crippen molar-refractivity contribution in [2.45, 2.75) is 40.2 Å². The number of carbonyl (C=O) groups excluding carboxylic acids is 1. The molecule has 1 N–H and O–H groups in total. The average Bonchev–Trinajstić information content (AvgIpc) is 2.85. The quantitative estimate of drug-likeness (QED) is 0.921. The van der Waals surface area contributed by atoms with Crippen LogP contribution in [0.1, 0.15) is 47.8 Å². The van der Waals surface area contributed by atoms with E-state index in [4.69, 9.17) is 0 Å². The van der Waals surface area contributed by atoms with E-state index >= 15 is 0 Å². The molecule has 1 aromatic carbocycles. The number of carbonyl (C=O) groups is 1. The fourth-order valence-electron chi connectivity index (χ4n) is 2.19.